The first kappa shape index (κ1) is 7.50. The fraction of sp³-hybridized carbons (Fsp3) is 0.833. The number of piperidine rings is 1. The zero-order valence-electron chi connectivity index (χ0n) is 5.67. The van der Waals surface area contributed by atoms with Gasteiger partial charge in [-0.3, -0.25) is 4.79 Å². The third-order valence-corrected chi connectivity index (χ3v) is 1.83. The molecule has 0 spiro atoms. The first-order valence-electron chi connectivity index (χ1n) is 3.44. The van der Waals surface area contributed by atoms with Crippen LogP contribution in [0.2, 0.25) is 0 Å². The molecular weight excluding hydrogens is 134 g/mol. The zero-order chi connectivity index (χ0) is 7.56. The number of carbonyl (C=O) groups is 1. The van der Waals surface area contributed by atoms with E-state index in [9.17, 15) is 10.0 Å². The number of hydroxylamine groups is 2. The number of nitrogens with one attached hydrogen (secondary N) is 1. The van der Waals surface area contributed by atoms with Crippen LogP contribution in [0.15, 0.2) is 0 Å². The topological polar surface area (TPSA) is 64.8 Å². The molecule has 10 heavy (non-hydrogen) atoms. The van der Waals surface area contributed by atoms with E-state index in [4.69, 9.17) is 5.11 Å². The van der Waals surface area contributed by atoms with Gasteiger partial charge < -0.3 is 15.4 Å². The van der Waals surface area contributed by atoms with E-state index in [2.05, 4.69) is 0 Å². The standard InChI is InChI=1S/C6H11NO3/c8-6(9)5-2-1-3-7(10)4-5/h5,7H,1-4H2,(H,8,9). The molecule has 0 aromatic heterocycles. The molecule has 2 N–H and O–H groups in total. The molecule has 2 unspecified atom stereocenters. The lowest BCUT2D eigenvalue weighted by molar-refractivity contribution is -0.856. The normalized spacial score (nSPS) is 33.7. The largest absolute Gasteiger partial charge is 0.634 e. The van der Waals surface area contributed by atoms with E-state index >= 15 is 0 Å². The highest BCUT2D eigenvalue weighted by molar-refractivity contribution is 5.70. The van der Waals surface area contributed by atoms with Crippen LogP contribution in [0.1, 0.15) is 12.8 Å². The summed E-state index contributed by atoms with van der Waals surface area (Å²) in [5.41, 5.74) is 0. The highest BCUT2D eigenvalue weighted by Gasteiger charge is 2.24. The number of carboxylic acid groups (broad SMARTS) is 1. The molecule has 0 aliphatic carbocycles. The quantitative estimate of drug-likeness (QED) is 0.458. The number of carboxylic acids is 1. The van der Waals surface area contributed by atoms with Crippen LogP contribution in [0, 0.1) is 11.1 Å². The molecular formula is C6H11NO3. The minimum absolute atomic E-state index is 0.0960. The first-order chi connectivity index (χ1) is 4.70. The van der Waals surface area contributed by atoms with Gasteiger partial charge in [-0.25, -0.2) is 0 Å². The van der Waals surface area contributed by atoms with Gasteiger partial charge >= 0.3 is 5.97 Å². The van der Waals surface area contributed by atoms with E-state index in [-0.39, 0.29) is 11.6 Å². The first-order valence-corrected chi connectivity index (χ1v) is 3.44. The van der Waals surface area contributed by atoms with Gasteiger partial charge in [0.05, 0.1) is 13.1 Å². The van der Waals surface area contributed by atoms with Gasteiger partial charge in [0.15, 0.2) is 0 Å². The maximum absolute atomic E-state index is 10.7. The fourth-order valence-electron chi connectivity index (χ4n) is 1.24. The Morgan fingerprint density at radius 3 is 2.80 bits per heavy atom. The third kappa shape index (κ3) is 1.68. The predicted molar refractivity (Wildman–Crippen MR) is 34.4 cm³/mol. The minimum Gasteiger partial charge on any atom is -0.634 e. The summed E-state index contributed by atoms with van der Waals surface area (Å²) < 4.78 is 0. The van der Waals surface area contributed by atoms with E-state index in [1.54, 1.807) is 0 Å². The van der Waals surface area contributed by atoms with Gasteiger partial charge in [0.25, 0.3) is 0 Å². The van der Waals surface area contributed by atoms with Crippen LogP contribution in [0.4, 0.5) is 0 Å². The Hall–Kier alpha value is -0.610. The smallest absolute Gasteiger partial charge is 0.312 e. The van der Waals surface area contributed by atoms with Crippen LogP contribution in [0.25, 0.3) is 0 Å². The Balaban J connectivity index is 2.39. The lowest BCUT2D eigenvalue weighted by atomic mass is 10.00. The Morgan fingerprint density at radius 1 is 1.70 bits per heavy atom. The Kier molecular flexibility index (Phi) is 2.24. The van der Waals surface area contributed by atoms with E-state index in [0.29, 0.717) is 13.0 Å². The van der Waals surface area contributed by atoms with Gasteiger partial charge in [-0.05, 0) is 12.8 Å². The van der Waals surface area contributed by atoms with Crippen molar-refractivity contribution in [3.05, 3.63) is 5.21 Å². The second-order valence-electron chi connectivity index (χ2n) is 2.67. The van der Waals surface area contributed by atoms with Gasteiger partial charge in [-0.1, -0.05) is 0 Å². The van der Waals surface area contributed by atoms with E-state index in [1.165, 1.54) is 0 Å². The van der Waals surface area contributed by atoms with Crippen molar-refractivity contribution in [3.63, 3.8) is 0 Å². The minimum atomic E-state index is -0.826. The van der Waals surface area contributed by atoms with Gasteiger partial charge in [-0.15, -0.1) is 0 Å². The summed E-state index contributed by atoms with van der Waals surface area (Å²) in [6, 6.07) is 0. The van der Waals surface area contributed by atoms with E-state index in [0.717, 1.165) is 6.42 Å². The highest BCUT2D eigenvalue weighted by atomic mass is 16.5. The molecule has 1 aliphatic rings. The summed E-state index contributed by atoms with van der Waals surface area (Å²) in [5, 5.41) is 19.3. The summed E-state index contributed by atoms with van der Waals surface area (Å²) in [6.45, 7) is 0.819. The second kappa shape index (κ2) is 2.98. The molecule has 58 valence electrons. The molecule has 1 aliphatic heterocycles. The Labute approximate surface area is 59.0 Å². The van der Waals surface area contributed by atoms with Crippen molar-refractivity contribution in [1.29, 1.82) is 0 Å². The van der Waals surface area contributed by atoms with Crippen molar-refractivity contribution >= 4 is 5.97 Å². The third-order valence-electron chi connectivity index (χ3n) is 1.83. The van der Waals surface area contributed by atoms with Crippen molar-refractivity contribution in [2.24, 2.45) is 5.92 Å². The van der Waals surface area contributed by atoms with Crippen molar-refractivity contribution in [2.45, 2.75) is 12.8 Å². The SMILES string of the molecule is O=C(O)C1CCC[NH+]([O-])C1. The molecule has 1 fully saturated rings. The molecule has 0 radical (unpaired) electrons. The van der Waals surface area contributed by atoms with Gasteiger partial charge in [-0.2, -0.15) is 0 Å². The van der Waals surface area contributed by atoms with E-state index < -0.39 is 11.9 Å². The van der Waals surface area contributed by atoms with Crippen molar-refractivity contribution in [3.8, 4) is 0 Å². The summed E-state index contributed by atoms with van der Waals surface area (Å²) in [6.07, 6.45) is 1.41. The molecule has 0 bridgehead atoms. The van der Waals surface area contributed by atoms with Crippen LogP contribution in [-0.2, 0) is 4.79 Å². The molecule has 0 saturated carbocycles. The van der Waals surface area contributed by atoms with Crippen LogP contribution < -0.4 is 5.06 Å². The number of aliphatic carboxylic acids is 1. The average Bonchev–Trinajstić information content (AvgIpc) is 1.88. The highest BCUT2D eigenvalue weighted by Crippen LogP contribution is 2.06. The van der Waals surface area contributed by atoms with Gasteiger partial charge in [0.1, 0.15) is 5.92 Å². The number of hydrogen-bond donors (Lipinski definition) is 2. The summed E-state index contributed by atoms with van der Waals surface area (Å²) in [4.78, 5) is 10.3. The lowest BCUT2D eigenvalue weighted by Crippen LogP contribution is -3.09. The maximum Gasteiger partial charge on any atom is 0.312 e. The summed E-state index contributed by atoms with van der Waals surface area (Å²) in [5.74, 6) is -1.23. The molecule has 1 rings (SSSR count). The Bertz CT molecular complexity index is 137. The molecule has 1 saturated heterocycles. The average molecular weight is 145 g/mol. The maximum atomic E-state index is 10.7. The molecule has 4 nitrogen and oxygen atoms in total. The molecule has 0 aromatic rings. The van der Waals surface area contributed by atoms with Gasteiger partial charge in [0.2, 0.25) is 0 Å². The van der Waals surface area contributed by atoms with Crippen LogP contribution in [-0.4, -0.2) is 24.2 Å². The van der Waals surface area contributed by atoms with Crippen LogP contribution >= 0.6 is 0 Å². The van der Waals surface area contributed by atoms with Crippen molar-refractivity contribution < 1.29 is 15.0 Å². The predicted octanol–water partition coefficient (Wildman–Crippen LogP) is -1.14. The zero-order valence-corrected chi connectivity index (χ0v) is 5.67. The number of hydrogen-bond acceptors (Lipinski definition) is 2. The monoisotopic (exact) mass is 145 g/mol. The second-order valence-corrected chi connectivity index (χ2v) is 2.67. The van der Waals surface area contributed by atoms with Gasteiger partial charge in [0, 0.05) is 0 Å². The summed E-state index contributed by atoms with van der Waals surface area (Å²) >= 11 is 0. The molecule has 1 heterocycles. The van der Waals surface area contributed by atoms with Crippen molar-refractivity contribution in [1.82, 2.24) is 0 Å². The summed E-state index contributed by atoms with van der Waals surface area (Å²) in [7, 11) is 0. The van der Waals surface area contributed by atoms with Crippen LogP contribution in [0.3, 0.4) is 0 Å². The number of rotatable bonds is 1. The number of quaternary nitrogens is 1. The fourth-order valence-corrected chi connectivity index (χ4v) is 1.24. The van der Waals surface area contributed by atoms with Crippen molar-refractivity contribution in [2.75, 3.05) is 13.1 Å². The molecule has 0 aromatic carbocycles. The van der Waals surface area contributed by atoms with Crippen LogP contribution in [0.5, 0.6) is 0 Å². The Morgan fingerprint density at radius 2 is 2.40 bits per heavy atom. The molecule has 2 atom stereocenters. The molecule has 4 heteroatoms. The van der Waals surface area contributed by atoms with E-state index in [1.807, 2.05) is 0 Å². The lowest BCUT2D eigenvalue weighted by Gasteiger charge is -2.29. The molecule has 0 amide bonds.